The average molecular weight is 370 g/mol. The van der Waals surface area contributed by atoms with Crippen molar-refractivity contribution in [1.29, 1.82) is 0 Å². The van der Waals surface area contributed by atoms with Gasteiger partial charge >= 0.3 is 0 Å². The van der Waals surface area contributed by atoms with Gasteiger partial charge in [0, 0.05) is 50.0 Å². The summed E-state index contributed by atoms with van der Waals surface area (Å²) in [5.74, 6) is 0.983. The van der Waals surface area contributed by atoms with Gasteiger partial charge in [-0.1, -0.05) is 29.4 Å². The Balaban J connectivity index is 1.75. The second kappa shape index (κ2) is 9.32. The third kappa shape index (κ3) is 4.54. The molecular formula is C19H23FN6O. The molecule has 0 aliphatic carbocycles. The van der Waals surface area contributed by atoms with Gasteiger partial charge in [-0.15, -0.1) is 0 Å². The highest BCUT2D eigenvalue weighted by atomic mass is 19.1. The number of azide groups is 1. The molecule has 1 aromatic carbocycles. The van der Waals surface area contributed by atoms with Crippen LogP contribution in [0.4, 0.5) is 10.2 Å². The number of aromatic nitrogens is 1. The Kier molecular flexibility index (Phi) is 6.59. The Hall–Kier alpha value is -2.67. The molecule has 0 bridgehead atoms. The zero-order valence-corrected chi connectivity index (χ0v) is 15.3. The van der Waals surface area contributed by atoms with E-state index in [1.807, 2.05) is 36.5 Å². The van der Waals surface area contributed by atoms with E-state index in [4.69, 9.17) is 10.3 Å². The molecule has 0 radical (unpaired) electrons. The number of rotatable bonds is 7. The summed E-state index contributed by atoms with van der Waals surface area (Å²) in [4.78, 5) is 9.55. The van der Waals surface area contributed by atoms with Gasteiger partial charge in [0.15, 0.2) is 0 Å². The molecule has 1 aliphatic heterocycles. The van der Waals surface area contributed by atoms with Crippen molar-refractivity contribution in [2.45, 2.75) is 12.1 Å². The van der Waals surface area contributed by atoms with E-state index < -0.39 is 18.8 Å². The number of pyridine rings is 1. The van der Waals surface area contributed by atoms with Crippen LogP contribution in [0.25, 0.3) is 21.6 Å². The SMILES string of the molecule is CO[C@H](c1ccc(-c2ccc(N3CCNCC3)nc2)cc1)[C@@H](CF)N=[N+]=[N-]. The molecule has 1 aromatic heterocycles. The van der Waals surface area contributed by atoms with Crippen LogP contribution in [-0.4, -0.2) is 51.0 Å². The standard InChI is InChI=1S/C19H23FN6O/c1-27-19(17(12-20)24-25-21)15-4-2-14(3-5-15)16-6-7-18(23-13-16)26-10-8-22-9-11-26/h2-7,13,17,19,22H,8-12H2,1H3/t17-,19-/m1/s1. The zero-order valence-electron chi connectivity index (χ0n) is 15.3. The lowest BCUT2D eigenvalue weighted by Gasteiger charge is -2.28. The first-order valence-electron chi connectivity index (χ1n) is 8.92. The minimum atomic E-state index is -0.883. The van der Waals surface area contributed by atoms with E-state index in [9.17, 15) is 4.39 Å². The number of hydrogen-bond donors (Lipinski definition) is 1. The summed E-state index contributed by atoms with van der Waals surface area (Å²) in [7, 11) is 1.48. The first kappa shape index (κ1) is 19.1. The van der Waals surface area contributed by atoms with Gasteiger partial charge in [0.2, 0.25) is 0 Å². The fraction of sp³-hybridized carbons (Fsp3) is 0.421. The number of nitrogens with zero attached hydrogens (tertiary/aromatic N) is 5. The molecule has 0 saturated carbocycles. The predicted octanol–water partition coefficient (Wildman–Crippen LogP) is 3.49. The van der Waals surface area contributed by atoms with Crippen LogP contribution in [0, 0.1) is 0 Å². The van der Waals surface area contributed by atoms with Crippen LogP contribution in [0.15, 0.2) is 47.7 Å². The molecule has 2 heterocycles. The maximum atomic E-state index is 13.1. The Morgan fingerprint density at radius 3 is 2.48 bits per heavy atom. The number of benzene rings is 1. The average Bonchev–Trinajstić information content (AvgIpc) is 2.75. The summed E-state index contributed by atoms with van der Waals surface area (Å²) in [6.45, 7) is 3.09. The molecule has 2 atom stereocenters. The van der Waals surface area contributed by atoms with Crippen LogP contribution in [0.1, 0.15) is 11.7 Å². The molecule has 1 fully saturated rings. The minimum Gasteiger partial charge on any atom is -0.376 e. The second-order valence-corrected chi connectivity index (χ2v) is 6.35. The van der Waals surface area contributed by atoms with Crippen LogP contribution in [0.2, 0.25) is 0 Å². The topological polar surface area (TPSA) is 86.2 Å². The number of piperazine rings is 1. The van der Waals surface area contributed by atoms with Crippen molar-refractivity contribution < 1.29 is 9.13 Å². The fourth-order valence-electron chi connectivity index (χ4n) is 3.26. The Labute approximate surface area is 157 Å². The van der Waals surface area contributed by atoms with E-state index >= 15 is 0 Å². The summed E-state index contributed by atoms with van der Waals surface area (Å²) in [5.41, 5.74) is 11.4. The lowest BCUT2D eigenvalue weighted by atomic mass is 9.99. The van der Waals surface area contributed by atoms with E-state index in [1.165, 1.54) is 7.11 Å². The molecule has 1 N–H and O–H groups in total. The Bertz CT molecular complexity index is 770. The maximum Gasteiger partial charge on any atom is 0.128 e. The van der Waals surface area contributed by atoms with Crippen molar-refractivity contribution in [2.75, 3.05) is 44.9 Å². The monoisotopic (exact) mass is 370 g/mol. The van der Waals surface area contributed by atoms with Crippen LogP contribution in [-0.2, 0) is 4.74 Å². The van der Waals surface area contributed by atoms with Gasteiger partial charge in [0.05, 0.1) is 12.1 Å². The molecule has 0 amide bonds. The highest BCUT2D eigenvalue weighted by molar-refractivity contribution is 5.64. The molecule has 142 valence electrons. The maximum absolute atomic E-state index is 13.1. The largest absolute Gasteiger partial charge is 0.376 e. The third-order valence-corrected chi connectivity index (χ3v) is 4.72. The van der Waals surface area contributed by atoms with E-state index in [0.717, 1.165) is 48.7 Å². The number of methoxy groups -OCH3 is 1. The first-order valence-corrected chi connectivity index (χ1v) is 8.92. The molecule has 1 saturated heterocycles. The summed E-state index contributed by atoms with van der Waals surface area (Å²) < 4.78 is 18.5. The van der Waals surface area contributed by atoms with Crippen LogP contribution < -0.4 is 10.2 Å². The molecule has 0 unspecified atom stereocenters. The summed E-state index contributed by atoms with van der Waals surface area (Å²) >= 11 is 0. The smallest absolute Gasteiger partial charge is 0.128 e. The van der Waals surface area contributed by atoms with Crippen LogP contribution in [0.5, 0.6) is 0 Å². The van der Waals surface area contributed by atoms with Crippen molar-refractivity contribution in [2.24, 2.45) is 5.11 Å². The summed E-state index contributed by atoms with van der Waals surface area (Å²) in [5, 5.41) is 6.82. The number of ether oxygens (including phenoxy) is 1. The van der Waals surface area contributed by atoms with Gasteiger partial charge < -0.3 is 15.0 Å². The van der Waals surface area contributed by atoms with Crippen LogP contribution in [0.3, 0.4) is 0 Å². The number of halogens is 1. The number of anilines is 1. The third-order valence-electron chi connectivity index (χ3n) is 4.72. The zero-order chi connectivity index (χ0) is 19.1. The Morgan fingerprint density at radius 2 is 1.93 bits per heavy atom. The Morgan fingerprint density at radius 1 is 1.22 bits per heavy atom. The summed E-state index contributed by atoms with van der Waals surface area (Å²) in [6.07, 6.45) is 1.25. The molecular weight excluding hydrogens is 347 g/mol. The molecule has 0 spiro atoms. The van der Waals surface area contributed by atoms with E-state index in [1.54, 1.807) is 0 Å². The lowest BCUT2D eigenvalue weighted by molar-refractivity contribution is 0.0722. The highest BCUT2D eigenvalue weighted by Gasteiger charge is 2.22. The number of hydrogen-bond acceptors (Lipinski definition) is 5. The molecule has 8 heteroatoms. The number of nitrogens with one attached hydrogen (secondary N) is 1. The van der Waals surface area contributed by atoms with Gasteiger partial charge in [-0.05, 0) is 28.8 Å². The predicted molar refractivity (Wildman–Crippen MR) is 103 cm³/mol. The van der Waals surface area contributed by atoms with Gasteiger partial charge in [0.25, 0.3) is 0 Å². The van der Waals surface area contributed by atoms with Gasteiger partial charge in [-0.2, -0.15) is 0 Å². The summed E-state index contributed by atoms with van der Waals surface area (Å²) in [6, 6.07) is 10.8. The molecule has 27 heavy (non-hydrogen) atoms. The van der Waals surface area contributed by atoms with Gasteiger partial charge in [0.1, 0.15) is 12.5 Å². The molecule has 1 aliphatic rings. The normalized spacial score (nSPS) is 16.4. The quantitative estimate of drug-likeness (QED) is 0.459. The second-order valence-electron chi connectivity index (χ2n) is 6.35. The van der Waals surface area contributed by atoms with Gasteiger partial charge in [-0.25, -0.2) is 4.98 Å². The van der Waals surface area contributed by atoms with E-state index in [-0.39, 0.29) is 0 Å². The van der Waals surface area contributed by atoms with Crippen molar-refractivity contribution >= 4 is 5.82 Å². The molecule has 7 nitrogen and oxygen atoms in total. The van der Waals surface area contributed by atoms with Crippen molar-refractivity contribution in [3.05, 3.63) is 58.6 Å². The van der Waals surface area contributed by atoms with E-state index in [2.05, 4.69) is 31.3 Å². The van der Waals surface area contributed by atoms with Crippen molar-refractivity contribution in [3.8, 4) is 11.1 Å². The van der Waals surface area contributed by atoms with Crippen molar-refractivity contribution in [3.63, 3.8) is 0 Å². The molecule has 3 rings (SSSR count). The van der Waals surface area contributed by atoms with Crippen molar-refractivity contribution in [1.82, 2.24) is 10.3 Å². The minimum absolute atomic E-state index is 0.617. The first-order chi connectivity index (χ1) is 13.3. The van der Waals surface area contributed by atoms with Gasteiger partial charge in [-0.3, -0.25) is 4.39 Å². The fourth-order valence-corrected chi connectivity index (χ4v) is 3.26. The highest BCUT2D eigenvalue weighted by Crippen LogP contribution is 2.27. The van der Waals surface area contributed by atoms with E-state index in [0.29, 0.717) is 0 Å². The van der Waals surface area contributed by atoms with Crippen LogP contribution >= 0.6 is 0 Å². The molecule has 2 aromatic rings. The number of alkyl halides is 1. The lowest BCUT2D eigenvalue weighted by Crippen LogP contribution is -2.43.